The number of benzene rings is 2. The van der Waals surface area contributed by atoms with Gasteiger partial charge in [0.15, 0.2) is 0 Å². The van der Waals surface area contributed by atoms with Crippen LogP contribution in [0.1, 0.15) is 41.4 Å². The van der Waals surface area contributed by atoms with Crippen LogP contribution in [0.15, 0.2) is 47.1 Å². The van der Waals surface area contributed by atoms with Crippen LogP contribution >= 0.6 is 0 Å². The van der Waals surface area contributed by atoms with Crippen molar-refractivity contribution < 1.29 is 26.8 Å². The maximum atomic E-state index is 13.4. The minimum atomic E-state index is -3.43. The van der Waals surface area contributed by atoms with Crippen molar-refractivity contribution in [2.75, 3.05) is 17.6 Å². The fourth-order valence-electron chi connectivity index (χ4n) is 3.60. The van der Waals surface area contributed by atoms with Crippen LogP contribution in [0.4, 0.5) is 10.1 Å². The van der Waals surface area contributed by atoms with E-state index in [1.165, 1.54) is 12.1 Å². The van der Waals surface area contributed by atoms with Crippen LogP contribution in [-0.2, 0) is 19.6 Å². The molecule has 1 aromatic heterocycles. The van der Waals surface area contributed by atoms with Gasteiger partial charge < -0.3 is 9.15 Å². The molecule has 6 nitrogen and oxygen atoms in total. The van der Waals surface area contributed by atoms with Crippen molar-refractivity contribution in [2.24, 2.45) is 0 Å². The monoisotopic (exact) mass is 417 g/mol. The van der Waals surface area contributed by atoms with E-state index in [4.69, 9.17) is 9.15 Å². The number of anilines is 1. The Labute approximate surface area is 167 Å². The molecule has 1 fully saturated rings. The summed E-state index contributed by atoms with van der Waals surface area (Å²) < 4.78 is 50.2. The van der Waals surface area contributed by atoms with Crippen molar-refractivity contribution in [1.29, 1.82) is 0 Å². The topological polar surface area (TPSA) is 85.6 Å². The molecular formula is C21H20FNO5S. The summed E-state index contributed by atoms with van der Waals surface area (Å²) in [5.41, 5.74) is 3.53. The Morgan fingerprint density at radius 2 is 2.00 bits per heavy atom. The highest BCUT2D eigenvalue weighted by atomic mass is 32.2. The molecule has 1 saturated carbocycles. The number of fused-ring (bicyclic) bond motifs is 1. The fourth-order valence-corrected chi connectivity index (χ4v) is 4.17. The minimum absolute atomic E-state index is 0.0753. The Hall–Kier alpha value is -2.87. The number of halogens is 1. The number of furan rings is 1. The Bertz CT molecular complexity index is 1150. The van der Waals surface area contributed by atoms with E-state index in [1.54, 1.807) is 24.5 Å². The lowest BCUT2D eigenvalue weighted by molar-refractivity contribution is -0.128. The zero-order valence-electron chi connectivity index (χ0n) is 15.7. The van der Waals surface area contributed by atoms with Gasteiger partial charge in [0.2, 0.25) is 10.0 Å². The molecule has 1 aliphatic rings. The van der Waals surface area contributed by atoms with Crippen LogP contribution in [-0.4, -0.2) is 27.8 Å². The third-order valence-electron chi connectivity index (χ3n) is 5.07. The molecule has 1 unspecified atom stereocenters. The molecule has 4 rings (SSSR count). The van der Waals surface area contributed by atoms with Crippen LogP contribution < -0.4 is 4.72 Å². The normalized spacial score (nSPS) is 15.2. The molecule has 0 bridgehead atoms. The van der Waals surface area contributed by atoms with E-state index in [9.17, 15) is 17.6 Å². The summed E-state index contributed by atoms with van der Waals surface area (Å²) in [5, 5.41) is 0.815. The Kier molecular flexibility index (Phi) is 5.04. The highest BCUT2D eigenvalue weighted by Crippen LogP contribution is 2.46. The van der Waals surface area contributed by atoms with Gasteiger partial charge in [0, 0.05) is 22.9 Å². The van der Waals surface area contributed by atoms with Gasteiger partial charge in [-0.25, -0.2) is 12.8 Å². The third kappa shape index (κ3) is 4.27. The first-order valence-electron chi connectivity index (χ1n) is 9.19. The van der Waals surface area contributed by atoms with Crippen molar-refractivity contribution in [3.63, 3.8) is 0 Å². The number of sulfonamides is 1. The number of rotatable bonds is 8. The van der Waals surface area contributed by atoms with E-state index in [0.717, 1.165) is 41.2 Å². The highest BCUT2D eigenvalue weighted by molar-refractivity contribution is 7.92. The number of nitrogens with one attached hydrogen (secondary N) is 1. The van der Waals surface area contributed by atoms with Crippen LogP contribution in [0.25, 0.3) is 11.0 Å². The first-order chi connectivity index (χ1) is 13.9. The highest BCUT2D eigenvalue weighted by Gasteiger charge is 2.29. The largest absolute Gasteiger partial charge is 0.467 e. The van der Waals surface area contributed by atoms with Crippen molar-refractivity contribution >= 4 is 33.2 Å². The third-order valence-corrected chi connectivity index (χ3v) is 5.66. The van der Waals surface area contributed by atoms with Crippen LogP contribution in [0.5, 0.6) is 0 Å². The van der Waals surface area contributed by atoms with Crippen molar-refractivity contribution in [3.05, 3.63) is 65.2 Å². The second-order valence-corrected chi connectivity index (χ2v) is 9.06. The van der Waals surface area contributed by atoms with E-state index in [2.05, 4.69) is 4.72 Å². The molecule has 1 aliphatic carbocycles. The summed E-state index contributed by atoms with van der Waals surface area (Å²) in [7, 11) is -3.43. The predicted molar refractivity (Wildman–Crippen MR) is 107 cm³/mol. The second-order valence-electron chi connectivity index (χ2n) is 7.31. The quantitative estimate of drug-likeness (QED) is 0.557. The minimum Gasteiger partial charge on any atom is -0.467 e. The molecule has 0 radical (unpaired) electrons. The molecular weight excluding hydrogens is 397 g/mol. The molecule has 0 aliphatic heterocycles. The van der Waals surface area contributed by atoms with Gasteiger partial charge in [-0.05, 0) is 48.1 Å². The number of carbonyl (C=O) groups excluding carboxylic acids is 1. The molecule has 3 aromatic rings. The van der Waals surface area contributed by atoms with E-state index in [1.807, 2.05) is 6.07 Å². The zero-order chi connectivity index (χ0) is 20.6. The Morgan fingerprint density at radius 3 is 2.62 bits per heavy atom. The fraction of sp³-hybridized carbons (Fsp3) is 0.286. The van der Waals surface area contributed by atoms with Gasteiger partial charge in [-0.1, -0.05) is 12.1 Å². The summed E-state index contributed by atoms with van der Waals surface area (Å²) in [4.78, 5) is 10.8. The number of hydrogen-bond acceptors (Lipinski definition) is 5. The first kappa shape index (κ1) is 19.4. The van der Waals surface area contributed by atoms with E-state index < -0.39 is 10.0 Å². The van der Waals surface area contributed by atoms with Gasteiger partial charge in [0.05, 0.1) is 18.2 Å². The smallest absolute Gasteiger partial charge is 0.293 e. The molecule has 1 N–H and O–H groups in total. The summed E-state index contributed by atoms with van der Waals surface area (Å²) in [6.45, 7) is 0.453. The summed E-state index contributed by atoms with van der Waals surface area (Å²) in [6.07, 6.45) is 4.68. The summed E-state index contributed by atoms with van der Waals surface area (Å²) >= 11 is 0. The van der Waals surface area contributed by atoms with Crippen molar-refractivity contribution in [2.45, 2.75) is 24.7 Å². The van der Waals surface area contributed by atoms with Gasteiger partial charge in [-0.3, -0.25) is 9.52 Å². The Morgan fingerprint density at radius 1 is 1.28 bits per heavy atom. The summed E-state index contributed by atoms with van der Waals surface area (Å²) in [6, 6.07) is 9.64. The number of hydrogen-bond donors (Lipinski definition) is 1. The van der Waals surface area contributed by atoms with E-state index in [-0.39, 0.29) is 18.3 Å². The molecule has 152 valence electrons. The van der Waals surface area contributed by atoms with E-state index in [0.29, 0.717) is 23.7 Å². The van der Waals surface area contributed by atoms with Crippen LogP contribution in [0.2, 0.25) is 0 Å². The average Bonchev–Trinajstić information content (AvgIpc) is 3.43. The van der Waals surface area contributed by atoms with Gasteiger partial charge in [0.1, 0.15) is 18.0 Å². The number of carbonyl (C=O) groups is 1. The molecule has 0 amide bonds. The average molecular weight is 417 g/mol. The predicted octanol–water partition coefficient (Wildman–Crippen LogP) is 4.13. The summed E-state index contributed by atoms with van der Waals surface area (Å²) in [5.74, 6) is -0.405. The van der Waals surface area contributed by atoms with Crippen molar-refractivity contribution in [1.82, 2.24) is 0 Å². The second kappa shape index (κ2) is 7.51. The zero-order valence-corrected chi connectivity index (χ0v) is 16.5. The molecule has 1 heterocycles. The standard InChI is InChI=1S/C21H20FNO5S/c1-29(25,26)23-20-9-21-17(8-16(20)13-2-3-13)19(11-28-21)18(10-27-12-24)14-4-6-15(22)7-5-14/h4-9,11-13,18,23H,2-3,10H2,1H3. The lowest BCUT2D eigenvalue weighted by atomic mass is 9.90. The lowest BCUT2D eigenvalue weighted by Gasteiger charge is -2.16. The van der Waals surface area contributed by atoms with Gasteiger partial charge >= 0.3 is 0 Å². The van der Waals surface area contributed by atoms with Crippen LogP contribution in [0.3, 0.4) is 0 Å². The maximum Gasteiger partial charge on any atom is 0.293 e. The Balaban J connectivity index is 1.82. The molecule has 0 spiro atoms. The van der Waals surface area contributed by atoms with Gasteiger partial charge in [-0.15, -0.1) is 0 Å². The molecule has 8 heteroatoms. The molecule has 0 saturated heterocycles. The first-order valence-corrected chi connectivity index (χ1v) is 11.1. The SMILES string of the molecule is CS(=O)(=O)Nc1cc2occ(C(COC=O)c3ccc(F)cc3)c2cc1C1CC1. The number of ether oxygens (including phenoxy) is 1. The maximum absolute atomic E-state index is 13.4. The van der Waals surface area contributed by atoms with Gasteiger partial charge in [-0.2, -0.15) is 0 Å². The molecule has 2 aromatic carbocycles. The molecule has 1 atom stereocenters. The van der Waals surface area contributed by atoms with Gasteiger partial charge in [0.25, 0.3) is 6.47 Å². The molecule has 29 heavy (non-hydrogen) atoms. The van der Waals surface area contributed by atoms with Crippen LogP contribution in [0, 0.1) is 5.82 Å². The van der Waals surface area contributed by atoms with Crippen molar-refractivity contribution in [3.8, 4) is 0 Å². The lowest BCUT2D eigenvalue weighted by Crippen LogP contribution is -2.11. The van der Waals surface area contributed by atoms with E-state index >= 15 is 0 Å².